The molecule has 0 atom stereocenters. The summed E-state index contributed by atoms with van der Waals surface area (Å²) in [6, 6.07) is 0.419. The highest BCUT2D eigenvalue weighted by Gasteiger charge is 2.39. The summed E-state index contributed by atoms with van der Waals surface area (Å²) in [7, 11) is -5.42. The number of urea groups is 1. The lowest BCUT2D eigenvalue weighted by molar-refractivity contribution is 0.248. The number of nitrogens with one attached hydrogen (secondary N) is 1. The van der Waals surface area contributed by atoms with Gasteiger partial charge in [-0.25, -0.2) is 4.79 Å². The van der Waals surface area contributed by atoms with E-state index in [4.69, 9.17) is 14.0 Å². The van der Waals surface area contributed by atoms with E-state index in [1.807, 2.05) is 0 Å². The van der Waals surface area contributed by atoms with E-state index >= 15 is 0 Å². The van der Waals surface area contributed by atoms with Crippen molar-refractivity contribution in [3.63, 3.8) is 0 Å². The molecule has 0 heterocycles. The first-order valence-corrected chi connectivity index (χ1v) is 16.1. The fraction of sp³-hybridized carbons (Fsp3) is 0.909. The van der Waals surface area contributed by atoms with Crippen molar-refractivity contribution in [3.8, 4) is 0 Å². The maximum atomic E-state index is 10.7. The third-order valence-corrected chi connectivity index (χ3v) is 11.8. The van der Waals surface area contributed by atoms with E-state index in [1.54, 1.807) is 0 Å². The Bertz CT molecular complexity index is 285. The van der Waals surface area contributed by atoms with E-state index < -0.39 is 31.2 Å². The summed E-state index contributed by atoms with van der Waals surface area (Å²) in [6.07, 6.45) is 0.848. The summed E-state index contributed by atoms with van der Waals surface area (Å²) in [5.41, 5.74) is 5.06. The first-order valence-electron chi connectivity index (χ1n) is 6.77. The summed E-state index contributed by atoms with van der Waals surface area (Å²) in [5, 5.41) is 2.62. The Labute approximate surface area is 120 Å². The minimum atomic E-state index is -2.16. The van der Waals surface area contributed by atoms with Gasteiger partial charge in [0.1, 0.15) is 0 Å². The summed E-state index contributed by atoms with van der Waals surface area (Å²) in [6.45, 7) is 15.9. The highest BCUT2D eigenvalue weighted by atomic mass is 28.5. The minimum absolute atomic E-state index is 0.472. The van der Waals surface area contributed by atoms with Crippen LogP contribution in [0, 0.1) is 0 Å². The summed E-state index contributed by atoms with van der Waals surface area (Å²) in [5.74, 6) is 0. The van der Waals surface area contributed by atoms with Gasteiger partial charge in [-0.2, -0.15) is 0 Å². The minimum Gasteiger partial charge on any atom is -0.437 e. The molecule has 5 nitrogen and oxygen atoms in total. The Kier molecular flexibility index (Phi) is 6.96. The Hall–Kier alpha value is -0.159. The number of amides is 2. The molecule has 2 amide bonds. The maximum absolute atomic E-state index is 10.7. The number of nitrogens with two attached hydrogens (primary N) is 1. The van der Waals surface area contributed by atoms with Crippen molar-refractivity contribution >= 4 is 31.2 Å². The Morgan fingerprint density at radius 3 is 1.74 bits per heavy atom. The first kappa shape index (κ1) is 18.8. The second kappa shape index (κ2) is 7.02. The van der Waals surface area contributed by atoms with Crippen LogP contribution in [0.3, 0.4) is 0 Å². The van der Waals surface area contributed by atoms with E-state index in [1.165, 1.54) is 0 Å². The van der Waals surface area contributed by atoms with Gasteiger partial charge in [0.25, 0.3) is 0 Å². The normalized spacial score (nSPS) is 13.4. The van der Waals surface area contributed by atoms with Crippen LogP contribution in [0.2, 0.25) is 51.9 Å². The van der Waals surface area contributed by atoms with Gasteiger partial charge in [-0.1, -0.05) is 0 Å². The van der Waals surface area contributed by atoms with Crippen molar-refractivity contribution in [1.29, 1.82) is 0 Å². The van der Waals surface area contributed by atoms with E-state index in [9.17, 15) is 4.79 Å². The largest absolute Gasteiger partial charge is 0.437 e. The average Bonchev–Trinajstić information content (AvgIpc) is 2.05. The Balaban J connectivity index is 4.54. The average molecular weight is 323 g/mol. The molecule has 0 spiro atoms. The molecule has 0 aliphatic heterocycles. The van der Waals surface area contributed by atoms with Crippen LogP contribution in [0.15, 0.2) is 0 Å². The van der Waals surface area contributed by atoms with Crippen LogP contribution in [0.25, 0.3) is 0 Å². The predicted molar refractivity (Wildman–Crippen MR) is 87.5 cm³/mol. The van der Waals surface area contributed by atoms with Gasteiger partial charge in [-0.3, -0.25) is 0 Å². The van der Waals surface area contributed by atoms with E-state index in [0.717, 1.165) is 12.5 Å². The van der Waals surface area contributed by atoms with Gasteiger partial charge in [0.15, 0.2) is 16.6 Å². The van der Waals surface area contributed by atoms with Crippen LogP contribution in [0.1, 0.15) is 6.42 Å². The monoisotopic (exact) mass is 322 g/mol. The van der Waals surface area contributed by atoms with Crippen molar-refractivity contribution in [2.45, 2.75) is 58.3 Å². The fourth-order valence-corrected chi connectivity index (χ4v) is 14.6. The van der Waals surface area contributed by atoms with Crippen molar-refractivity contribution in [1.82, 2.24) is 5.32 Å². The molecular weight excluding hydrogens is 292 g/mol. The summed E-state index contributed by atoms with van der Waals surface area (Å²) in [4.78, 5) is 10.7. The van der Waals surface area contributed by atoms with Gasteiger partial charge in [-0.05, 0) is 58.3 Å². The van der Waals surface area contributed by atoms with Gasteiger partial charge in [0.05, 0.1) is 0 Å². The number of rotatable bonds is 8. The summed E-state index contributed by atoms with van der Waals surface area (Å²) < 4.78 is 12.7. The lowest BCUT2D eigenvalue weighted by atomic mass is 10.5. The van der Waals surface area contributed by atoms with E-state index in [0.29, 0.717) is 6.54 Å². The Morgan fingerprint density at radius 1 is 1.00 bits per heavy atom. The molecule has 114 valence electrons. The molecule has 0 radical (unpaired) electrons. The van der Waals surface area contributed by atoms with Gasteiger partial charge in [-0.15, -0.1) is 0 Å². The molecule has 0 aromatic carbocycles. The second-order valence-corrected chi connectivity index (χ2v) is 19.8. The number of hydrogen-bond acceptors (Lipinski definition) is 3. The molecule has 0 fully saturated rings. The zero-order valence-corrected chi connectivity index (χ0v) is 16.4. The van der Waals surface area contributed by atoms with Crippen LogP contribution in [-0.2, 0) is 8.23 Å². The lowest BCUT2D eigenvalue weighted by Gasteiger charge is -2.38. The number of carbonyl (C=O) groups excluding carboxylic acids is 1. The summed E-state index contributed by atoms with van der Waals surface area (Å²) >= 11 is 0. The van der Waals surface area contributed by atoms with Crippen molar-refractivity contribution in [3.05, 3.63) is 0 Å². The zero-order valence-electron chi connectivity index (χ0n) is 13.4. The molecule has 0 aliphatic rings. The molecule has 0 saturated carbocycles. The molecule has 0 aromatic heterocycles. The number of hydrogen-bond donors (Lipinski definition) is 2. The second-order valence-electron chi connectivity index (χ2n) is 6.96. The zero-order chi connectivity index (χ0) is 15.3. The third-order valence-electron chi connectivity index (χ3n) is 2.15. The molecule has 19 heavy (non-hydrogen) atoms. The number of carbonyl (C=O) groups is 1. The first-order chi connectivity index (χ1) is 8.33. The Morgan fingerprint density at radius 2 is 1.42 bits per heavy atom. The van der Waals surface area contributed by atoms with Gasteiger partial charge < -0.3 is 19.3 Å². The molecule has 0 aromatic rings. The smallest absolute Gasteiger partial charge is 0.314 e. The van der Waals surface area contributed by atoms with Crippen molar-refractivity contribution in [2.24, 2.45) is 5.73 Å². The maximum Gasteiger partial charge on any atom is 0.314 e. The molecule has 0 bridgehead atoms. The van der Waals surface area contributed by atoms with Gasteiger partial charge in [0.2, 0.25) is 0 Å². The quantitative estimate of drug-likeness (QED) is 0.533. The van der Waals surface area contributed by atoms with Crippen LogP contribution >= 0.6 is 0 Å². The number of primary amides is 1. The van der Waals surface area contributed by atoms with Crippen LogP contribution in [0.5, 0.6) is 0 Å². The van der Waals surface area contributed by atoms with Crippen molar-refractivity contribution in [2.75, 3.05) is 6.54 Å². The topological polar surface area (TPSA) is 73.6 Å². The highest BCUT2D eigenvalue weighted by Crippen LogP contribution is 2.25. The molecule has 0 rings (SSSR count). The third kappa shape index (κ3) is 11.4. The molecule has 8 heteroatoms. The van der Waals surface area contributed by atoms with Crippen LogP contribution in [0.4, 0.5) is 4.79 Å². The van der Waals surface area contributed by atoms with Crippen LogP contribution < -0.4 is 11.1 Å². The predicted octanol–water partition coefficient (Wildman–Crippen LogP) is 2.82. The lowest BCUT2D eigenvalue weighted by Crippen LogP contribution is -2.52. The molecular formula is C11H30N2O3Si3. The molecule has 0 unspecified atom stereocenters. The van der Waals surface area contributed by atoms with Crippen molar-refractivity contribution < 1.29 is 13.0 Å². The standard InChI is InChI=1S/C11H30N2O3Si3/c1-17(2,3)15-19(7,16-18(4,5)6)10-8-9-13-11(12)14/h8-10H2,1-7H3,(H3,12,13,14). The van der Waals surface area contributed by atoms with Gasteiger partial charge >= 0.3 is 14.6 Å². The van der Waals surface area contributed by atoms with Crippen LogP contribution in [-0.4, -0.2) is 37.8 Å². The SMILES string of the molecule is C[Si](C)(C)O[Si](C)(CCCNC(N)=O)O[Si](C)(C)C. The molecule has 3 N–H and O–H groups in total. The molecule has 0 saturated heterocycles. The molecule has 0 aliphatic carbocycles. The van der Waals surface area contributed by atoms with Gasteiger partial charge in [0, 0.05) is 6.54 Å². The highest BCUT2D eigenvalue weighted by molar-refractivity contribution is 6.87. The van der Waals surface area contributed by atoms with E-state index in [2.05, 4.69) is 51.1 Å². The fourth-order valence-electron chi connectivity index (χ4n) is 2.04. The van der Waals surface area contributed by atoms with E-state index in [-0.39, 0.29) is 0 Å².